The number of nitrogens with one attached hydrogen (secondary N) is 1. The quantitative estimate of drug-likeness (QED) is 0.366. The van der Waals surface area contributed by atoms with Crippen LogP contribution in [0.1, 0.15) is 41.3 Å². The lowest BCUT2D eigenvalue weighted by Crippen LogP contribution is -2.14. The van der Waals surface area contributed by atoms with Crippen LogP contribution in [0.5, 0.6) is 5.75 Å². The van der Waals surface area contributed by atoms with Gasteiger partial charge in [0, 0.05) is 10.7 Å². The number of methoxy groups -OCH3 is 1. The van der Waals surface area contributed by atoms with Crippen LogP contribution < -0.4 is 10.1 Å². The Morgan fingerprint density at radius 1 is 1.03 bits per heavy atom. The number of carbonyl (C=O) groups is 1. The van der Waals surface area contributed by atoms with E-state index in [0.717, 1.165) is 16.8 Å². The average Bonchev–Trinajstić information content (AvgIpc) is 3.16. The predicted molar refractivity (Wildman–Crippen MR) is 129 cm³/mol. The number of ether oxygens (including phenoxy) is 1. The van der Waals surface area contributed by atoms with Crippen LogP contribution >= 0.6 is 23.2 Å². The summed E-state index contributed by atoms with van der Waals surface area (Å²) in [5.74, 6) is 0.337. The fourth-order valence-electron chi connectivity index (χ4n) is 3.44. The molecule has 0 saturated heterocycles. The van der Waals surface area contributed by atoms with Gasteiger partial charge in [-0.25, -0.2) is 0 Å². The number of carbonyl (C=O) groups excluding carboxylic acids is 1. The van der Waals surface area contributed by atoms with Crippen molar-refractivity contribution in [3.63, 3.8) is 0 Å². The number of hydrogen-bond acceptors (Lipinski definition) is 4. The second-order valence-corrected chi connectivity index (χ2v) is 8.66. The molecule has 0 aliphatic carbocycles. The lowest BCUT2D eigenvalue weighted by Gasteiger charge is -2.12. The first kappa shape index (κ1) is 22.1. The fourth-order valence-corrected chi connectivity index (χ4v) is 4.01. The third-order valence-electron chi connectivity index (χ3n) is 5.22. The number of rotatable bonds is 5. The minimum absolute atomic E-state index is 0.249. The van der Waals surface area contributed by atoms with Crippen LogP contribution in [-0.4, -0.2) is 28.0 Å². The molecule has 0 saturated carbocycles. The zero-order chi connectivity index (χ0) is 23.0. The molecule has 1 heterocycles. The van der Waals surface area contributed by atoms with Crippen LogP contribution in [0.2, 0.25) is 10.0 Å². The number of aromatic nitrogens is 3. The van der Waals surface area contributed by atoms with Crippen LogP contribution in [0, 0.1) is 6.92 Å². The van der Waals surface area contributed by atoms with E-state index in [1.807, 2.05) is 25.1 Å². The van der Waals surface area contributed by atoms with Crippen molar-refractivity contribution in [2.24, 2.45) is 0 Å². The van der Waals surface area contributed by atoms with E-state index in [4.69, 9.17) is 27.9 Å². The van der Waals surface area contributed by atoms with Gasteiger partial charge in [-0.05, 0) is 60.4 Å². The van der Waals surface area contributed by atoms with E-state index in [0.29, 0.717) is 22.1 Å². The Kier molecular flexibility index (Phi) is 6.09. The third kappa shape index (κ3) is 4.29. The van der Waals surface area contributed by atoms with Crippen molar-refractivity contribution in [3.8, 4) is 11.4 Å². The summed E-state index contributed by atoms with van der Waals surface area (Å²) in [6, 6.07) is 14.9. The Morgan fingerprint density at radius 3 is 2.31 bits per heavy atom. The minimum atomic E-state index is -0.384. The van der Waals surface area contributed by atoms with Gasteiger partial charge < -0.3 is 10.1 Å². The monoisotopic (exact) mass is 468 g/mol. The Labute approximate surface area is 196 Å². The van der Waals surface area contributed by atoms with E-state index < -0.39 is 0 Å². The molecule has 1 N–H and O–H groups in total. The molecule has 0 atom stereocenters. The van der Waals surface area contributed by atoms with Crippen molar-refractivity contribution >= 4 is 45.8 Å². The van der Waals surface area contributed by atoms with Crippen LogP contribution in [0.15, 0.2) is 48.5 Å². The molecule has 4 aromatic rings. The van der Waals surface area contributed by atoms with Gasteiger partial charge in [-0.3, -0.25) is 4.79 Å². The Morgan fingerprint density at radius 2 is 1.69 bits per heavy atom. The number of benzene rings is 3. The summed E-state index contributed by atoms with van der Waals surface area (Å²) >= 11 is 12.3. The third-order valence-corrected chi connectivity index (χ3v) is 5.72. The molecule has 3 aromatic carbocycles. The highest BCUT2D eigenvalue weighted by Crippen LogP contribution is 2.33. The molecule has 0 spiro atoms. The van der Waals surface area contributed by atoms with E-state index in [1.54, 1.807) is 10.9 Å². The number of nitrogens with zero attached hydrogens (tertiary/aromatic N) is 3. The maximum atomic E-state index is 13.0. The van der Waals surface area contributed by atoms with Gasteiger partial charge in [0.15, 0.2) is 0 Å². The molecule has 0 unspecified atom stereocenters. The first-order chi connectivity index (χ1) is 15.3. The van der Waals surface area contributed by atoms with Crippen molar-refractivity contribution < 1.29 is 9.53 Å². The second kappa shape index (κ2) is 8.81. The standard InChI is InChI=1S/C24H22Cl2N4O2/c1-13(2)15-5-7-17(8-6-15)30-28-21-9-14(3)20(12-22(21)29-30)27-24(31)18-10-16(25)11-19(26)23(18)32-4/h5-13H,1-4H3,(H,27,31). The number of aryl methyl sites for hydroxylation is 1. The van der Waals surface area contributed by atoms with Gasteiger partial charge in [-0.2, -0.15) is 4.80 Å². The van der Waals surface area contributed by atoms with Crippen molar-refractivity contribution in [2.75, 3.05) is 12.4 Å². The molecule has 0 aliphatic rings. The number of anilines is 1. The van der Waals surface area contributed by atoms with Gasteiger partial charge >= 0.3 is 0 Å². The second-order valence-electron chi connectivity index (χ2n) is 7.81. The van der Waals surface area contributed by atoms with Gasteiger partial charge in [-0.15, -0.1) is 10.2 Å². The van der Waals surface area contributed by atoms with Crippen LogP contribution in [0.3, 0.4) is 0 Å². The summed E-state index contributed by atoms with van der Waals surface area (Å²) < 4.78 is 5.29. The summed E-state index contributed by atoms with van der Waals surface area (Å²) in [5, 5.41) is 12.7. The molecule has 4 rings (SSSR count). The highest BCUT2D eigenvalue weighted by molar-refractivity contribution is 6.36. The molecule has 0 radical (unpaired) electrons. The zero-order valence-corrected chi connectivity index (χ0v) is 19.6. The van der Waals surface area contributed by atoms with Crippen LogP contribution in [0.4, 0.5) is 5.69 Å². The summed E-state index contributed by atoms with van der Waals surface area (Å²) in [4.78, 5) is 14.5. The molecule has 6 nitrogen and oxygen atoms in total. The number of amides is 1. The predicted octanol–water partition coefficient (Wildman–Crippen LogP) is 6.42. The maximum absolute atomic E-state index is 13.0. The van der Waals surface area contributed by atoms with Crippen molar-refractivity contribution in [2.45, 2.75) is 26.7 Å². The maximum Gasteiger partial charge on any atom is 0.259 e. The molecule has 32 heavy (non-hydrogen) atoms. The SMILES string of the molecule is COc1c(Cl)cc(Cl)cc1C(=O)Nc1cc2nn(-c3ccc(C(C)C)cc3)nc2cc1C. The molecular weight excluding hydrogens is 447 g/mol. The highest BCUT2D eigenvalue weighted by Gasteiger charge is 2.18. The topological polar surface area (TPSA) is 69.0 Å². The highest BCUT2D eigenvalue weighted by atomic mass is 35.5. The van der Waals surface area contributed by atoms with Gasteiger partial charge in [0.1, 0.15) is 16.8 Å². The molecule has 1 aromatic heterocycles. The van der Waals surface area contributed by atoms with Gasteiger partial charge in [-0.1, -0.05) is 49.2 Å². The molecular formula is C24H22Cl2N4O2. The van der Waals surface area contributed by atoms with Gasteiger partial charge in [0.05, 0.1) is 23.4 Å². The van der Waals surface area contributed by atoms with Crippen molar-refractivity contribution in [1.82, 2.24) is 15.0 Å². The molecule has 0 fully saturated rings. The summed E-state index contributed by atoms with van der Waals surface area (Å²) in [6.45, 7) is 6.20. The lowest BCUT2D eigenvalue weighted by atomic mass is 10.0. The Hall–Kier alpha value is -3.09. The first-order valence-electron chi connectivity index (χ1n) is 10.1. The van der Waals surface area contributed by atoms with Gasteiger partial charge in [0.2, 0.25) is 0 Å². The van der Waals surface area contributed by atoms with E-state index in [1.165, 1.54) is 24.8 Å². The molecule has 1 amide bonds. The Bertz CT molecular complexity index is 1310. The first-order valence-corrected chi connectivity index (χ1v) is 10.8. The van der Waals surface area contributed by atoms with E-state index in [2.05, 4.69) is 41.5 Å². The molecule has 164 valence electrons. The summed E-state index contributed by atoms with van der Waals surface area (Å²) in [7, 11) is 1.45. The van der Waals surface area contributed by atoms with Crippen LogP contribution in [0.25, 0.3) is 16.7 Å². The molecule has 0 bridgehead atoms. The largest absolute Gasteiger partial charge is 0.494 e. The molecule has 0 aliphatic heterocycles. The van der Waals surface area contributed by atoms with E-state index in [-0.39, 0.29) is 22.2 Å². The van der Waals surface area contributed by atoms with Crippen molar-refractivity contribution in [3.05, 3.63) is 75.3 Å². The van der Waals surface area contributed by atoms with Crippen LogP contribution in [-0.2, 0) is 0 Å². The number of halogens is 2. The summed E-state index contributed by atoms with van der Waals surface area (Å²) in [5.41, 5.74) is 5.23. The zero-order valence-electron chi connectivity index (χ0n) is 18.1. The number of fused-ring (bicyclic) bond motifs is 1. The Balaban J connectivity index is 1.66. The van der Waals surface area contributed by atoms with E-state index >= 15 is 0 Å². The van der Waals surface area contributed by atoms with Gasteiger partial charge in [0.25, 0.3) is 5.91 Å². The number of hydrogen-bond donors (Lipinski definition) is 1. The summed E-state index contributed by atoms with van der Waals surface area (Å²) in [6.07, 6.45) is 0. The van der Waals surface area contributed by atoms with Crippen molar-refractivity contribution in [1.29, 1.82) is 0 Å². The minimum Gasteiger partial charge on any atom is -0.494 e. The fraction of sp³-hybridized carbons (Fsp3) is 0.208. The average molecular weight is 469 g/mol. The molecule has 8 heteroatoms. The smallest absolute Gasteiger partial charge is 0.259 e. The van der Waals surface area contributed by atoms with E-state index in [9.17, 15) is 4.79 Å². The normalized spacial score (nSPS) is 11.2. The lowest BCUT2D eigenvalue weighted by molar-refractivity contribution is 0.102.